The van der Waals surface area contributed by atoms with Crippen molar-refractivity contribution in [2.75, 3.05) is 5.73 Å². The zero-order valence-corrected chi connectivity index (χ0v) is 11.5. The molecule has 4 nitrogen and oxygen atoms in total. The van der Waals surface area contributed by atoms with Crippen molar-refractivity contribution in [3.05, 3.63) is 29.3 Å². The number of nitrogens with one attached hydrogen (secondary N) is 1. The summed E-state index contributed by atoms with van der Waals surface area (Å²) in [6.45, 7) is 6.08. The molecular weight excluding hydrogens is 246 g/mol. The van der Waals surface area contributed by atoms with Gasteiger partial charge in [-0.3, -0.25) is 9.79 Å². The fourth-order valence-corrected chi connectivity index (χ4v) is 2.70. The van der Waals surface area contributed by atoms with Gasteiger partial charge in [0.1, 0.15) is 0 Å². The Bertz CT molecular complexity index is 513. The maximum atomic E-state index is 12.1. The number of hydrogen-bond acceptors (Lipinski definition) is 4. The Morgan fingerprint density at radius 2 is 2.17 bits per heavy atom. The van der Waals surface area contributed by atoms with Crippen molar-refractivity contribution >= 4 is 28.5 Å². The van der Waals surface area contributed by atoms with Crippen molar-refractivity contribution in [3.8, 4) is 0 Å². The fraction of sp³-hybridized carbons (Fsp3) is 0.385. The Morgan fingerprint density at radius 1 is 1.44 bits per heavy atom. The number of amides is 1. The largest absolute Gasteiger partial charge is 0.398 e. The van der Waals surface area contributed by atoms with Crippen LogP contribution in [0, 0.1) is 6.92 Å². The Labute approximate surface area is 111 Å². The van der Waals surface area contributed by atoms with E-state index in [1.54, 1.807) is 23.9 Å². The number of carbonyl (C=O) groups excluding carboxylic acids is 1. The van der Waals surface area contributed by atoms with Crippen LogP contribution in [0.25, 0.3) is 0 Å². The van der Waals surface area contributed by atoms with Crippen LogP contribution in [-0.4, -0.2) is 22.4 Å². The van der Waals surface area contributed by atoms with Gasteiger partial charge in [-0.2, -0.15) is 0 Å². The molecule has 0 aliphatic carbocycles. The van der Waals surface area contributed by atoms with Gasteiger partial charge in [-0.1, -0.05) is 24.8 Å². The van der Waals surface area contributed by atoms with E-state index in [0.29, 0.717) is 21.7 Å². The Morgan fingerprint density at radius 3 is 2.72 bits per heavy atom. The summed E-state index contributed by atoms with van der Waals surface area (Å²) in [5.41, 5.74) is 7.88. The Balaban J connectivity index is 2.11. The van der Waals surface area contributed by atoms with Gasteiger partial charge in [-0.05, 0) is 31.5 Å². The number of rotatable bonds is 1. The summed E-state index contributed by atoms with van der Waals surface area (Å²) in [6, 6.07) is 5.65. The summed E-state index contributed by atoms with van der Waals surface area (Å²) in [5.74, 6) is -0.194. The minimum atomic E-state index is -0.194. The highest BCUT2D eigenvalue weighted by molar-refractivity contribution is 8.14. The number of thioether (sulfide) groups is 1. The molecule has 1 aromatic rings. The second-order valence-electron chi connectivity index (χ2n) is 4.54. The number of nitrogens with two attached hydrogens (primary N) is 1. The molecule has 2 unspecified atom stereocenters. The predicted molar refractivity (Wildman–Crippen MR) is 77.0 cm³/mol. The third kappa shape index (κ3) is 2.67. The van der Waals surface area contributed by atoms with Gasteiger partial charge in [0.15, 0.2) is 5.17 Å². The van der Waals surface area contributed by atoms with Crippen molar-refractivity contribution in [1.82, 2.24) is 5.32 Å². The zero-order chi connectivity index (χ0) is 13.3. The minimum Gasteiger partial charge on any atom is -0.398 e. The highest BCUT2D eigenvalue weighted by Crippen LogP contribution is 2.25. The lowest BCUT2D eigenvalue weighted by atomic mass is 10.1. The minimum absolute atomic E-state index is 0.194. The fourth-order valence-electron chi connectivity index (χ4n) is 1.71. The van der Waals surface area contributed by atoms with Crippen molar-refractivity contribution in [2.45, 2.75) is 32.1 Å². The first-order chi connectivity index (χ1) is 8.47. The average Bonchev–Trinajstić information content (AvgIpc) is 2.57. The molecule has 1 heterocycles. The van der Waals surface area contributed by atoms with E-state index in [0.717, 1.165) is 5.56 Å². The summed E-state index contributed by atoms with van der Waals surface area (Å²) in [7, 11) is 0. The number of aryl methyl sites for hydroxylation is 1. The Kier molecular flexibility index (Phi) is 3.61. The lowest BCUT2D eigenvalue weighted by Crippen LogP contribution is -2.28. The molecule has 0 aromatic heterocycles. The maximum Gasteiger partial charge on any atom is 0.259 e. The van der Waals surface area contributed by atoms with Gasteiger partial charge >= 0.3 is 0 Å². The number of anilines is 1. The standard InChI is InChI=1S/C13H17N3OS/c1-7-4-5-10(11(14)6-7)12(17)16-13-15-8(2)9(3)18-13/h4-6,8-9H,14H2,1-3H3,(H,15,16,17). The van der Waals surface area contributed by atoms with Gasteiger partial charge in [-0.25, -0.2) is 0 Å². The van der Waals surface area contributed by atoms with E-state index < -0.39 is 0 Å². The third-order valence-corrected chi connectivity index (χ3v) is 4.17. The highest BCUT2D eigenvalue weighted by atomic mass is 32.2. The molecule has 1 aliphatic rings. The van der Waals surface area contributed by atoms with Crippen LogP contribution in [0.2, 0.25) is 0 Å². The van der Waals surface area contributed by atoms with E-state index in [4.69, 9.17) is 5.73 Å². The molecule has 1 amide bonds. The maximum absolute atomic E-state index is 12.1. The molecule has 2 atom stereocenters. The van der Waals surface area contributed by atoms with E-state index >= 15 is 0 Å². The lowest BCUT2D eigenvalue weighted by molar-refractivity contribution is 0.0979. The molecule has 2 rings (SSSR count). The van der Waals surface area contributed by atoms with Gasteiger partial charge < -0.3 is 11.1 Å². The number of nitrogen functional groups attached to an aromatic ring is 1. The van der Waals surface area contributed by atoms with Crippen LogP contribution in [0.1, 0.15) is 29.8 Å². The Hall–Kier alpha value is -1.49. The van der Waals surface area contributed by atoms with E-state index in [9.17, 15) is 4.79 Å². The average molecular weight is 263 g/mol. The van der Waals surface area contributed by atoms with Crippen LogP contribution in [-0.2, 0) is 0 Å². The first-order valence-electron chi connectivity index (χ1n) is 5.89. The van der Waals surface area contributed by atoms with Gasteiger partial charge in [-0.15, -0.1) is 0 Å². The molecular formula is C13H17N3OS. The van der Waals surface area contributed by atoms with Crippen molar-refractivity contribution in [1.29, 1.82) is 0 Å². The lowest BCUT2D eigenvalue weighted by Gasteiger charge is -2.07. The number of nitrogens with zero attached hydrogens (tertiary/aromatic N) is 1. The normalized spacial score (nSPS) is 22.7. The third-order valence-electron chi connectivity index (χ3n) is 2.97. The van der Waals surface area contributed by atoms with Crippen LogP contribution in [0.5, 0.6) is 0 Å². The van der Waals surface area contributed by atoms with E-state index in [-0.39, 0.29) is 11.9 Å². The molecule has 5 heteroatoms. The SMILES string of the molecule is Cc1ccc(C(=O)NC2=NC(C)C(C)S2)c(N)c1. The topological polar surface area (TPSA) is 67.5 Å². The number of carbonyl (C=O) groups is 1. The van der Waals surface area contributed by atoms with Gasteiger partial charge in [0, 0.05) is 10.9 Å². The molecule has 0 fully saturated rings. The second kappa shape index (κ2) is 5.02. The first kappa shape index (κ1) is 13.0. The van der Waals surface area contributed by atoms with Crippen LogP contribution in [0.15, 0.2) is 23.2 Å². The number of benzene rings is 1. The zero-order valence-electron chi connectivity index (χ0n) is 10.7. The molecule has 18 heavy (non-hydrogen) atoms. The van der Waals surface area contributed by atoms with Gasteiger partial charge in [0.2, 0.25) is 0 Å². The summed E-state index contributed by atoms with van der Waals surface area (Å²) in [4.78, 5) is 16.4. The first-order valence-corrected chi connectivity index (χ1v) is 6.77. The van der Waals surface area contributed by atoms with Crippen molar-refractivity contribution < 1.29 is 4.79 Å². The molecule has 0 spiro atoms. The molecule has 1 aromatic carbocycles. The molecule has 0 radical (unpaired) electrons. The number of aliphatic imine (C=N–C) groups is 1. The predicted octanol–water partition coefficient (Wildman–Crippen LogP) is 2.19. The number of hydrogen-bond donors (Lipinski definition) is 2. The summed E-state index contributed by atoms with van der Waals surface area (Å²) < 4.78 is 0. The smallest absolute Gasteiger partial charge is 0.259 e. The molecule has 0 bridgehead atoms. The second-order valence-corrected chi connectivity index (χ2v) is 5.91. The van der Waals surface area contributed by atoms with Gasteiger partial charge in [0.25, 0.3) is 5.91 Å². The van der Waals surface area contributed by atoms with Crippen LogP contribution < -0.4 is 11.1 Å². The number of amidine groups is 1. The van der Waals surface area contributed by atoms with Crippen LogP contribution >= 0.6 is 11.8 Å². The van der Waals surface area contributed by atoms with E-state index in [2.05, 4.69) is 17.2 Å². The summed E-state index contributed by atoms with van der Waals surface area (Å²) in [6.07, 6.45) is 0. The molecule has 96 valence electrons. The molecule has 0 saturated heterocycles. The molecule has 3 N–H and O–H groups in total. The highest BCUT2D eigenvalue weighted by Gasteiger charge is 2.24. The summed E-state index contributed by atoms with van der Waals surface area (Å²) in [5, 5.41) is 3.89. The van der Waals surface area contributed by atoms with E-state index in [1.165, 1.54) is 0 Å². The van der Waals surface area contributed by atoms with Gasteiger partial charge in [0.05, 0.1) is 11.6 Å². The van der Waals surface area contributed by atoms with Crippen molar-refractivity contribution in [2.24, 2.45) is 4.99 Å². The van der Waals surface area contributed by atoms with Crippen LogP contribution in [0.3, 0.4) is 0 Å². The van der Waals surface area contributed by atoms with Crippen LogP contribution in [0.4, 0.5) is 5.69 Å². The van der Waals surface area contributed by atoms with E-state index in [1.807, 2.05) is 19.9 Å². The quantitative estimate of drug-likeness (QED) is 0.763. The molecule has 1 aliphatic heterocycles. The van der Waals surface area contributed by atoms with Crippen molar-refractivity contribution in [3.63, 3.8) is 0 Å². The molecule has 0 saturated carbocycles. The monoisotopic (exact) mass is 263 g/mol. The summed E-state index contributed by atoms with van der Waals surface area (Å²) >= 11 is 1.58.